The molecule has 0 saturated carbocycles. The van der Waals surface area contributed by atoms with E-state index >= 15 is 0 Å². The van der Waals surface area contributed by atoms with Crippen molar-refractivity contribution in [1.29, 1.82) is 0 Å². The van der Waals surface area contributed by atoms with E-state index in [-0.39, 0.29) is 12.5 Å². The number of ether oxygens (including phenoxy) is 1. The monoisotopic (exact) mass is 275 g/mol. The molecule has 0 bridgehead atoms. The number of aliphatic carboxylic acids is 1. The Hall–Kier alpha value is -2.30. The molecular weight excluding hydrogens is 258 g/mol. The lowest BCUT2D eigenvalue weighted by atomic mass is 9.90. The molecule has 1 amide bonds. The van der Waals surface area contributed by atoms with E-state index in [2.05, 4.69) is 0 Å². The molecule has 106 valence electrons. The average molecular weight is 275 g/mol. The van der Waals surface area contributed by atoms with Gasteiger partial charge in [-0.25, -0.2) is 9.59 Å². The summed E-state index contributed by atoms with van der Waals surface area (Å²) in [5.74, 6) is -1.06. The predicted molar refractivity (Wildman–Crippen MR) is 73.4 cm³/mol. The number of carboxylic acids is 1. The maximum atomic E-state index is 11.9. The van der Waals surface area contributed by atoms with Gasteiger partial charge in [0.1, 0.15) is 0 Å². The van der Waals surface area contributed by atoms with Crippen molar-refractivity contribution in [3.8, 4) is 0 Å². The highest BCUT2D eigenvalue weighted by Crippen LogP contribution is 2.32. The molecule has 1 aromatic rings. The second kappa shape index (κ2) is 5.36. The second-order valence-corrected chi connectivity index (χ2v) is 4.83. The van der Waals surface area contributed by atoms with Gasteiger partial charge >= 0.3 is 12.1 Å². The number of carboxylic acid groups (broad SMARTS) is 1. The smallest absolute Gasteiger partial charge is 0.411 e. The molecule has 0 radical (unpaired) electrons. The van der Waals surface area contributed by atoms with Crippen molar-refractivity contribution in [3.63, 3.8) is 0 Å². The summed E-state index contributed by atoms with van der Waals surface area (Å²) in [6.07, 6.45) is 2.86. The number of nitrogens with zero attached hydrogens (tertiary/aromatic N) is 1. The Bertz CT molecular complexity index is 540. The van der Waals surface area contributed by atoms with Gasteiger partial charge in [-0.2, -0.15) is 0 Å². The zero-order valence-electron chi connectivity index (χ0n) is 11.4. The number of methoxy groups -OCH3 is 1. The quantitative estimate of drug-likeness (QED) is 0.858. The summed E-state index contributed by atoms with van der Waals surface area (Å²) in [5.41, 5.74) is -0.545. The van der Waals surface area contributed by atoms with Gasteiger partial charge in [-0.15, -0.1) is 0 Å². The van der Waals surface area contributed by atoms with Crippen LogP contribution in [0.1, 0.15) is 12.5 Å². The maximum absolute atomic E-state index is 11.9. The van der Waals surface area contributed by atoms with E-state index in [4.69, 9.17) is 4.74 Å². The number of hydrogen-bond donors (Lipinski definition) is 1. The lowest BCUT2D eigenvalue weighted by molar-refractivity contribution is -0.147. The molecule has 5 heteroatoms. The van der Waals surface area contributed by atoms with Crippen molar-refractivity contribution in [2.45, 2.75) is 24.9 Å². The number of rotatable bonds is 3. The third kappa shape index (κ3) is 2.27. The average Bonchev–Trinajstić information content (AvgIpc) is 2.77. The van der Waals surface area contributed by atoms with Gasteiger partial charge in [-0.05, 0) is 18.6 Å². The first-order valence-electron chi connectivity index (χ1n) is 6.35. The molecule has 0 aromatic heterocycles. The SMILES string of the molecule is COC(=O)N1[C@H](C)C=C[C@]1(Cc1ccccc1)C(=O)O. The largest absolute Gasteiger partial charge is 0.479 e. The lowest BCUT2D eigenvalue weighted by Gasteiger charge is -2.35. The molecule has 1 aliphatic rings. The van der Waals surface area contributed by atoms with E-state index in [0.717, 1.165) is 5.56 Å². The van der Waals surface area contributed by atoms with Crippen LogP contribution >= 0.6 is 0 Å². The summed E-state index contributed by atoms with van der Waals surface area (Å²) in [6.45, 7) is 1.77. The molecular formula is C15H17NO4. The van der Waals surface area contributed by atoms with E-state index in [1.807, 2.05) is 30.3 Å². The van der Waals surface area contributed by atoms with Crippen LogP contribution in [0.5, 0.6) is 0 Å². The minimum atomic E-state index is -1.39. The molecule has 2 rings (SSSR count). The minimum absolute atomic E-state index is 0.207. The van der Waals surface area contributed by atoms with Crippen molar-refractivity contribution < 1.29 is 19.4 Å². The number of hydrogen-bond acceptors (Lipinski definition) is 3. The van der Waals surface area contributed by atoms with Crippen LogP contribution in [0.3, 0.4) is 0 Å². The molecule has 5 nitrogen and oxygen atoms in total. The van der Waals surface area contributed by atoms with Gasteiger partial charge in [0.2, 0.25) is 0 Å². The van der Waals surface area contributed by atoms with Gasteiger partial charge in [0.25, 0.3) is 0 Å². The zero-order chi connectivity index (χ0) is 14.8. The number of benzene rings is 1. The van der Waals surface area contributed by atoms with Crippen molar-refractivity contribution in [2.75, 3.05) is 7.11 Å². The first-order chi connectivity index (χ1) is 9.51. The third-order valence-electron chi connectivity index (χ3n) is 3.55. The molecule has 1 aliphatic heterocycles. The summed E-state index contributed by atoms with van der Waals surface area (Å²) in [4.78, 5) is 25.0. The molecule has 1 aromatic carbocycles. The summed E-state index contributed by atoms with van der Waals surface area (Å²) in [6, 6.07) is 8.92. The van der Waals surface area contributed by atoms with E-state index in [1.165, 1.54) is 12.0 Å². The van der Waals surface area contributed by atoms with Gasteiger partial charge in [0.05, 0.1) is 13.2 Å². The van der Waals surface area contributed by atoms with Crippen molar-refractivity contribution in [3.05, 3.63) is 48.0 Å². The molecule has 0 fully saturated rings. The fourth-order valence-electron chi connectivity index (χ4n) is 2.56. The summed E-state index contributed by atoms with van der Waals surface area (Å²) in [5, 5.41) is 9.66. The fraction of sp³-hybridized carbons (Fsp3) is 0.333. The first kappa shape index (κ1) is 14.1. The Balaban J connectivity index is 2.41. The number of carbonyl (C=O) groups is 2. The highest BCUT2D eigenvalue weighted by atomic mass is 16.5. The Morgan fingerprint density at radius 1 is 1.35 bits per heavy atom. The topological polar surface area (TPSA) is 66.8 Å². The zero-order valence-corrected chi connectivity index (χ0v) is 11.4. The van der Waals surface area contributed by atoms with Gasteiger partial charge in [0, 0.05) is 6.42 Å². The summed E-state index contributed by atoms with van der Waals surface area (Å²) >= 11 is 0. The highest BCUT2D eigenvalue weighted by molar-refractivity contribution is 5.88. The molecule has 20 heavy (non-hydrogen) atoms. The van der Waals surface area contributed by atoms with E-state index in [0.29, 0.717) is 0 Å². The minimum Gasteiger partial charge on any atom is -0.479 e. The standard InChI is InChI=1S/C15H17NO4/c1-11-8-9-15(13(17)18,16(11)14(19)20-2)10-12-6-4-3-5-7-12/h3-9,11H,10H2,1-2H3,(H,17,18)/t11-,15+/m1/s1. The van der Waals surface area contributed by atoms with E-state index in [1.54, 1.807) is 19.1 Å². The normalized spacial score (nSPS) is 24.7. The number of carbonyl (C=O) groups excluding carboxylic acids is 1. The second-order valence-electron chi connectivity index (χ2n) is 4.83. The molecule has 2 atom stereocenters. The van der Waals surface area contributed by atoms with Crippen molar-refractivity contribution in [2.24, 2.45) is 0 Å². The van der Waals surface area contributed by atoms with Crippen molar-refractivity contribution in [1.82, 2.24) is 4.90 Å². The molecule has 1 heterocycles. The van der Waals surface area contributed by atoms with Crippen LogP contribution in [0.4, 0.5) is 4.79 Å². The van der Waals surface area contributed by atoms with Crippen LogP contribution < -0.4 is 0 Å². The third-order valence-corrected chi connectivity index (χ3v) is 3.55. The van der Waals surface area contributed by atoms with Crippen LogP contribution in [0.15, 0.2) is 42.5 Å². The molecule has 0 aliphatic carbocycles. The Labute approximate surface area is 117 Å². The fourth-order valence-corrected chi connectivity index (χ4v) is 2.56. The van der Waals surface area contributed by atoms with Crippen LogP contribution in [-0.4, -0.2) is 40.8 Å². The van der Waals surface area contributed by atoms with Gasteiger partial charge in [0.15, 0.2) is 5.54 Å². The van der Waals surface area contributed by atoms with Gasteiger partial charge in [-0.3, -0.25) is 4.90 Å². The van der Waals surface area contributed by atoms with Crippen LogP contribution in [0.2, 0.25) is 0 Å². The lowest BCUT2D eigenvalue weighted by Crippen LogP contribution is -2.57. The summed E-state index contributed by atoms with van der Waals surface area (Å²) in [7, 11) is 1.25. The van der Waals surface area contributed by atoms with E-state index in [9.17, 15) is 14.7 Å². The maximum Gasteiger partial charge on any atom is 0.411 e. The van der Waals surface area contributed by atoms with Gasteiger partial charge in [-0.1, -0.05) is 36.4 Å². The van der Waals surface area contributed by atoms with Crippen molar-refractivity contribution >= 4 is 12.1 Å². The van der Waals surface area contributed by atoms with Crippen LogP contribution in [0.25, 0.3) is 0 Å². The predicted octanol–water partition coefficient (Wildman–Crippen LogP) is 2.08. The Kier molecular flexibility index (Phi) is 3.79. The van der Waals surface area contributed by atoms with E-state index < -0.39 is 17.6 Å². The van der Waals surface area contributed by atoms with Crippen LogP contribution in [0, 0.1) is 0 Å². The molecule has 0 saturated heterocycles. The highest BCUT2D eigenvalue weighted by Gasteiger charge is 2.50. The summed E-state index contributed by atoms with van der Waals surface area (Å²) < 4.78 is 4.73. The molecule has 0 spiro atoms. The Morgan fingerprint density at radius 2 is 2.00 bits per heavy atom. The molecule has 0 unspecified atom stereocenters. The first-order valence-corrected chi connectivity index (χ1v) is 6.35. The van der Waals surface area contributed by atoms with Crippen LogP contribution in [-0.2, 0) is 16.0 Å². The molecule has 1 N–H and O–H groups in total. The number of amides is 1. The van der Waals surface area contributed by atoms with Gasteiger partial charge < -0.3 is 9.84 Å². The Morgan fingerprint density at radius 3 is 2.55 bits per heavy atom.